The van der Waals surface area contributed by atoms with Crippen molar-refractivity contribution >= 4 is 5.97 Å². The molecule has 2 N–H and O–H groups in total. The minimum atomic E-state index is -0.705. The van der Waals surface area contributed by atoms with E-state index in [2.05, 4.69) is 12.2 Å². The van der Waals surface area contributed by atoms with Crippen LogP contribution < -0.4 is 5.32 Å². The van der Waals surface area contributed by atoms with Gasteiger partial charge >= 0.3 is 5.97 Å². The zero-order chi connectivity index (χ0) is 8.27. The highest BCUT2D eigenvalue weighted by molar-refractivity contribution is 5.73. The third-order valence-corrected chi connectivity index (χ3v) is 2.18. The normalized spacial score (nSPS) is 30.6. The summed E-state index contributed by atoms with van der Waals surface area (Å²) in [7, 11) is 0. The van der Waals surface area contributed by atoms with Gasteiger partial charge in [-0.2, -0.15) is 0 Å². The second-order valence-corrected chi connectivity index (χ2v) is 3.12. The largest absolute Gasteiger partial charge is 0.480 e. The van der Waals surface area contributed by atoms with Gasteiger partial charge in [-0.25, -0.2) is 0 Å². The molecule has 0 aromatic heterocycles. The quantitative estimate of drug-likeness (QED) is 0.642. The molecule has 64 valence electrons. The highest BCUT2D eigenvalue weighted by Gasteiger charge is 2.27. The molecule has 0 saturated carbocycles. The standard InChI is InChI=1S/C8H15NO2/c1-2-3-6-4-5-7(9-6)8(10)11/h6-7,9H,2-5H2,1H3,(H,10,11)/t6-,7-/m0/s1. The second-order valence-electron chi connectivity index (χ2n) is 3.12. The van der Waals surface area contributed by atoms with Crippen molar-refractivity contribution in [3.05, 3.63) is 0 Å². The van der Waals surface area contributed by atoms with Crippen LogP contribution in [-0.4, -0.2) is 23.2 Å². The molecular weight excluding hydrogens is 142 g/mol. The van der Waals surface area contributed by atoms with E-state index in [4.69, 9.17) is 5.11 Å². The molecule has 0 aromatic rings. The van der Waals surface area contributed by atoms with Crippen molar-refractivity contribution < 1.29 is 9.90 Å². The Morgan fingerprint density at radius 3 is 2.82 bits per heavy atom. The summed E-state index contributed by atoms with van der Waals surface area (Å²) in [4.78, 5) is 10.5. The molecule has 0 spiro atoms. The first-order valence-corrected chi connectivity index (χ1v) is 4.23. The third kappa shape index (κ3) is 2.19. The fraction of sp³-hybridized carbons (Fsp3) is 0.875. The maximum Gasteiger partial charge on any atom is 0.320 e. The Balaban J connectivity index is 2.29. The van der Waals surface area contributed by atoms with Crippen LogP contribution in [0.2, 0.25) is 0 Å². The lowest BCUT2D eigenvalue weighted by Gasteiger charge is -2.09. The fourth-order valence-electron chi connectivity index (χ4n) is 1.59. The van der Waals surface area contributed by atoms with Crippen molar-refractivity contribution in [2.75, 3.05) is 0 Å². The van der Waals surface area contributed by atoms with Gasteiger partial charge in [0.1, 0.15) is 6.04 Å². The molecule has 1 rings (SSSR count). The number of hydrogen-bond acceptors (Lipinski definition) is 2. The van der Waals surface area contributed by atoms with E-state index in [1.54, 1.807) is 0 Å². The van der Waals surface area contributed by atoms with Crippen molar-refractivity contribution in [2.45, 2.75) is 44.7 Å². The van der Waals surface area contributed by atoms with Crippen molar-refractivity contribution in [3.8, 4) is 0 Å². The summed E-state index contributed by atoms with van der Waals surface area (Å²) in [5.41, 5.74) is 0. The molecule has 1 heterocycles. The van der Waals surface area contributed by atoms with Crippen LogP contribution >= 0.6 is 0 Å². The molecule has 0 aliphatic carbocycles. The molecule has 3 nitrogen and oxygen atoms in total. The van der Waals surface area contributed by atoms with Gasteiger partial charge < -0.3 is 10.4 Å². The van der Waals surface area contributed by atoms with Crippen molar-refractivity contribution in [3.63, 3.8) is 0 Å². The Morgan fingerprint density at radius 2 is 2.36 bits per heavy atom. The van der Waals surface area contributed by atoms with E-state index in [-0.39, 0.29) is 6.04 Å². The van der Waals surface area contributed by atoms with Crippen LogP contribution in [0, 0.1) is 0 Å². The monoisotopic (exact) mass is 157 g/mol. The van der Waals surface area contributed by atoms with Gasteiger partial charge in [-0.1, -0.05) is 13.3 Å². The topological polar surface area (TPSA) is 49.3 Å². The summed E-state index contributed by atoms with van der Waals surface area (Å²) in [6, 6.07) is 0.160. The molecule has 1 aliphatic rings. The van der Waals surface area contributed by atoms with Gasteiger partial charge in [0.25, 0.3) is 0 Å². The zero-order valence-electron chi connectivity index (χ0n) is 6.84. The number of carboxylic acids is 1. The molecule has 0 bridgehead atoms. The molecule has 0 radical (unpaired) electrons. The Bertz CT molecular complexity index is 147. The number of rotatable bonds is 3. The highest BCUT2D eigenvalue weighted by atomic mass is 16.4. The lowest BCUT2D eigenvalue weighted by molar-refractivity contribution is -0.139. The van der Waals surface area contributed by atoms with Crippen LogP contribution in [0.5, 0.6) is 0 Å². The summed E-state index contributed by atoms with van der Waals surface area (Å²) in [6.07, 6.45) is 4.04. The molecule has 11 heavy (non-hydrogen) atoms. The zero-order valence-corrected chi connectivity index (χ0v) is 6.84. The van der Waals surface area contributed by atoms with E-state index >= 15 is 0 Å². The van der Waals surface area contributed by atoms with Crippen LogP contribution in [0.15, 0.2) is 0 Å². The van der Waals surface area contributed by atoms with E-state index < -0.39 is 5.97 Å². The Kier molecular flexibility index (Phi) is 2.88. The summed E-state index contributed by atoms with van der Waals surface area (Å²) in [5, 5.41) is 11.7. The predicted molar refractivity (Wildman–Crippen MR) is 42.5 cm³/mol. The van der Waals surface area contributed by atoms with E-state index in [1.807, 2.05) is 0 Å². The Labute approximate surface area is 66.8 Å². The van der Waals surface area contributed by atoms with Crippen LogP contribution in [0.3, 0.4) is 0 Å². The van der Waals surface area contributed by atoms with Crippen LogP contribution in [0.4, 0.5) is 0 Å². The molecule has 0 amide bonds. The number of aliphatic carboxylic acids is 1. The SMILES string of the molecule is CCC[C@H]1CC[C@@H](C(=O)O)N1. The highest BCUT2D eigenvalue weighted by Crippen LogP contribution is 2.15. The Morgan fingerprint density at radius 1 is 1.64 bits per heavy atom. The third-order valence-electron chi connectivity index (χ3n) is 2.18. The van der Waals surface area contributed by atoms with Gasteiger partial charge in [-0.05, 0) is 19.3 Å². The first-order chi connectivity index (χ1) is 5.24. The van der Waals surface area contributed by atoms with Crippen LogP contribution in [0.1, 0.15) is 32.6 Å². The molecule has 3 heteroatoms. The van der Waals surface area contributed by atoms with Crippen molar-refractivity contribution in [2.24, 2.45) is 0 Å². The average molecular weight is 157 g/mol. The van der Waals surface area contributed by atoms with Crippen molar-refractivity contribution in [1.82, 2.24) is 5.32 Å². The number of carbonyl (C=O) groups is 1. The molecule has 0 unspecified atom stereocenters. The minimum absolute atomic E-state index is 0.286. The smallest absolute Gasteiger partial charge is 0.320 e. The van der Waals surface area contributed by atoms with E-state index in [1.165, 1.54) is 0 Å². The maximum absolute atomic E-state index is 10.5. The second kappa shape index (κ2) is 3.72. The number of carboxylic acid groups (broad SMARTS) is 1. The minimum Gasteiger partial charge on any atom is -0.480 e. The lowest BCUT2D eigenvalue weighted by Crippen LogP contribution is -2.35. The van der Waals surface area contributed by atoms with E-state index in [0.29, 0.717) is 6.04 Å². The molecular formula is C8H15NO2. The molecule has 2 atom stereocenters. The lowest BCUT2D eigenvalue weighted by atomic mass is 10.1. The van der Waals surface area contributed by atoms with Gasteiger partial charge in [0.05, 0.1) is 0 Å². The number of nitrogens with one attached hydrogen (secondary N) is 1. The van der Waals surface area contributed by atoms with Gasteiger partial charge in [0, 0.05) is 6.04 Å². The van der Waals surface area contributed by atoms with Gasteiger partial charge in [0.2, 0.25) is 0 Å². The van der Waals surface area contributed by atoms with Gasteiger partial charge in [0.15, 0.2) is 0 Å². The van der Waals surface area contributed by atoms with Gasteiger partial charge in [-0.15, -0.1) is 0 Å². The molecule has 1 aliphatic heterocycles. The van der Waals surface area contributed by atoms with Crippen LogP contribution in [0.25, 0.3) is 0 Å². The first-order valence-electron chi connectivity index (χ1n) is 4.23. The summed E-state index contributed by atoms with van der Waals surface area (Å²) in [6.45, 7) is 2.12. The maximum atomic E-state index is 10.5. The predicted octanol–water partition coefficient (Wildman–Crippen LogP) is 0.992. The molecule has 1 saturated heterocycles. The van der Waals surface area contributed by atoms with Gasteiger partial charge in [-0.3, -0.25) is 4.79 Å². The van der Waals surface area contributed by atoms with E-state index in [9.17, 15) is 4.79 Å². The van der Waals surface area contributed by atoms with Crippen LogP contribution in [-0.2, 0) is 4.79 Å². The number of hydrogen-bond donors (Lipinski definition) is 2. The summed E-state index contributed by atoms with van der Waals surface area (Å²) >= 11 is 0. The Hall–Kier alpha value is -0.570. The van der Waals surface area contributed by atoms with E-state index in [0.717, 1.165) is 25.7 Å². The average Bonchev–Trinajstić information content (AvgIpc) is 2.37. The summed E-state index contributed by atoms with van der Waals surface area (Å²) in [5.74, 6) is -0.705. The fourth-order valence-corrected chi connectivity index (χ4v) is 1.59. The van der Waals surface area contributed by atoms with Crippen molar-refractivity contribution in [1.29, 1.82) is 0 Å². The molecule has 0 aromatic carbocycles. The molecule has 1 fully saturated rings. The summed E-state index contributed by atoms with van der Waals surface area (Å²) < 4.78 is 0. The first kappa shape index (κ1) is 8.53.